The highest BCUT2D eigenvalue weighted by molar-refractivity contribution is 5.63. The number of nitrogens with zero attached hydrogens (tertiary/aromatic N) is 2. The molecule has 0 saturated carbocycles. The van der Waals surface area contributed by atoms with Crippen molar-refractivity contribution in [2.24, 2.45) is 5.73 Å². The highest BCUT2D eigenvalue weighted by Crippen LogP contribution is 2.21. The van der Waals surface area contributed by atoms with E-state index in [2.05, 4.69) is 15.2 Å². The minimum Gasteiger partial charge on any atom is -0.330 e. The molecule has 0 radical (unpaired) electrons. The summed E-state index contributed by atoms with van der Waals surface area (Å²) < 4.78 is 0. The molecule has 3 N–H and O–H groups in total. The molecule has 0 fully saturated rings. The van der Waals surface area contributed by atoms with Crippen molar-refractivity contribution >= 4 is 0 Å². The number of rotatable bonds is 5. The molecule has 0 aliphatic carbocycles. The summed E-state index contributed by atoms with van der Waals surface area (Å²) >= 11 is 0. The van der Waals surface area contributed by atoms with E-state index in [9.17, 15) is 0 Å². The summed E-state index contributed by atoms with van der Waals surface area (Å²) in [5.41, 5.74) is 8.90. The summed E-state index contributed by atoms with van der Waals surface area (Å²) in [6, 6.07) is 3.98. The maximum atomic E-state index is 5.48. The maximum absolute atomic E-state index is 5.48. The van der Waals surface area contributed by atoms with Crippen LogP contribution in [0.5, 0.6) is 0 Å². The highest BCUT2D eigenvalue weighted by Gasteiger charge is 2.06. The Balaban J connectivity index is 2.13. The van der Waals surface area contributed by atoms with Crippen molar-refractivity contribution < 1.29 is 0 Å². The lowest BCUT2D eigenvalue weighted by Crippen LogP contribution is -1.99. The Morgan fingerprint density at radius 2 is 2.19 bits per heavy atom. The Labute approximate surface area is 94.9 Å². The molecule has 2 aromatic heterocycles. The summed E-state index contributed by atoms with van der Waals surface area (Å²) in [7, 11) is 0. The van der Waals surface area contributed by atoms with E-state index < -0.39 is 0 Å². The van der Waals surface area contributed by atoms with Gasteiger partial charge >= 0.3 is 0 Å². The van der Waals surface area contributed by atoms with Crippen LogP contribution in [-0.2, 0) is 6.42 Å². The molecule has 0 saturated heterocycles. The van der Waals surface area contributed by atoms with Crippen molar-refractivity contribution in [1.82, 2.24) is 15.2 Å². The van der Waals surface area contributed by atoms with Crippen LogP contribution >= 0.6 is 0 Å². The van der Waals surface area contributed by atoms with Crippen LogP contribution in [0.1, 0.15) is 18.5 Å². The first kappa shape index (κ1) is 10.8. The molecule has 4 heteroatoms. The van der Waals surface area contributed by atoms with E-state index in [4.69, 9.17) is 5.73 Å². The molecule has 2 rings (SSSR count). The standard InChI is InChI=1S/C12H16N4/c13-6-2-1-5-12-11(9-15-16-12)10-4-3-7-14-8-10/h3-4,7-9H,1-2,5-6,13H2,(H,15,16). The number of hydrogen-bond acceptors (Lipinski definition) is 3. The van der Waals surface area contributed by atoms with Crippen LogP contribution in [0.4, 0.5) is 0 Å². The molecule has 0 amide bonds. The Kier molecular flexibility index (Phi) is 3.66. The second kappa shape index (κ2) is 5.42. The van der Waals surface area contributed by atoms with E-state index in [0.29, 0.717) is 0 Å². The van der Waals surface area contributed by atoms with Crippen molar-refractivity contribution in [2.75, 3.05) is 6.54 Å². The first-order valence-corrected chi connectivity index (χ1v) is 5.54. The average Bonchev–Trinajstić information content (AvgIpc) is 2.79. The van der Waals surface area contributed by atoms with E-state index in [0.717, 1.165) is 36.9 Å². The van der Waals surface area contributed by atoms with E-state index in [-0.39, 0.29) is 0 Å². The number of nitrogens with two attached hydrogens (primary N) is 1. The van der Waals surface area contributed by atoms with Crippen molar-refractivity contribution in [3.05, 3.63) is 36.4 Å². The van der Waals surface area contributed by atoms with Crippen LogP contribution in [0.25, 0.3) is 11.1 Å². The number of H-pyrrole nitrogens is 1. The van der Waals surface area contributed by atoms with Gasteiger partial charge < -0.3 is 5.73 Å². The third kappa shape index (κ3) is 2.46. The number of pyridine rings is 1. The molecule has 2 aromatic rings. The predicted octanol–water partition coefficient (Wildman–Crippen LogP) is 1.75. The van der Waals surface area contributed by atoms with Gasteiger partial charge in [0.25, 0.3) is 0 Å². The summed E-state index contributed by atoms with van der Waals surface area (Å²) in [4.78, 5) is 4.12. The summed E-state index contributed by atoms with van der Waals surface area (Å²) in [6.45, 7) is 0.746. The first-order valence-electron chi connectivity index (χ1n) is 5.54. The van der Waals surface area contributed by atoms with E-state index in [1.165, 1.54) is 5.69 Å². The van der Waals surface area contributed by atoms with E-state index >= 15 is 0 Å². The van der Waals surface area contributed by atoms with Gasteiger partial charge in [0.1, 0.15) is 0 Å². The molecule has 2 heterocycles. The number of aromatic nitrogens is 3. The summed E-state index contributed by atoms with van der Waals surface area (Å²) in [6.07, 6.45) is 8.61. The van der Waals surface area contributed by atoms with Gasteiger partial charge in [0.05, 0.1) is 6.20 Å². The fourth-order valence-electron chi connectivity index (χ4n) is 1.72. The molecule has 0 aliphatic rings. The molecule has 84 valence electrons. The fraction of sp³-hybridized carbons (Fsp3) is 0.333. The minimum atomic E-state index is 0.746. The zero-order valence-corrected chi connectivity index (χ0v) is 9.19. The first-order chi connectivity index (χ1) is 7.92. The lowest BCUT2D eigenvalue weighted by Gasteiger charge is -2.02. The van der Waals surface area contributed by atoms with E-state index in [1.807, 2.05) is 24.5 Å². The molecule has 16 heavy (non-hydrogen) atoms. The monoisotopic (exact) mass is 216 g/mol. The van der Waals surface area contributed by atoms with Crippen LogP contribution in [0.15, 0.2) is 30.7 Å². The third-order valence-corrected chi connectivity index (χ3v) is 2.57. The minimum absolute atomic E-state index is 0.746. The SMILES string of the molecule is NCCCCc1[nH]ncc1-c1cccnc1. The lowest BCUT2D eigenvalue weighted by atomic mass is 10.1. The lowest BCUT2D eigenvalue weighted by molar-refractivity contribution is 0.730. The third-order valence-electron chi connectivity index (χ3n) is 2.57. The zero-order valence-electron chi connectivity index (χ0n) is 9.19. The van der Waals surface area contributed by atoms with Crippen molar-refractivity contribution in [1.29, 1.82) is 0 Å². The van der Waals surface area contributed by atoms with Crippen molar-refractivity contribution in [3.8, 4) is 11.1 Å². The quantitative estimate of drug-likeness (QED) is 0.748. The number of aromatic amines is 1. The van der Waals surface area contributed by atoms with Gasteiger partial charge in [-0.2, -0.15) is 5.10 Å². The molecular formula is C12H16N4. The molecule has 0 bridgehead atoms. The molecule has 4 nitrogen and oxygen atoms in total. The fourth-order valence-corrected chi connectivity index (χ4v) is 1.72. The van der Waals surface area contributed by atoms with Gasteiger partial charge in [0.2, 0.25) is 0 Å². The second-order valence-electron chi connectivity index (χ2n) is 3.75. The molecule has 0 atom stereocenters. The number of hydrogen-bond donors (Lipinski definition) is 2. The maximum Gasteiger partial charge on any atom is 0.0569 e. The topological polar surface area (TPSA) is 67.6 Å². The molecule has 0 unspecified atom stereocenters. The molecular weight excluding hydrogens is 200 g/mol. The Hall–Kier alpha value is -1.68. The van der Waals surface area contributed by atoms with Gasteiger partial charge in [-0.15, -0.1) is 0 Å². The van der Waals surface area contributed by atoms with Gasteiger partial charge in [-0.1, -0.05) is 6.07 Å². The van der Waals surface area contributed by atoms with Crippen molar-refractivity contribution in [3.63, 3.8) is 0 Å². The van der Waals surface area contributed by atoms with Gasteiger partial charge in [0.15, 0.2) is 0 Å². The van der Waals surface area contributed by atoms with Gasteiger partial charge in [0, 0.05) is 29.2 Å². The summed E-state index contributed by atoms with van der Waals surface area (Å²) in [5.74, 6) is 0. The van der Waals surface area contributed by atoms with Gasteiger partial charge in [-0.05, 0) is 31.9 Å². The van der Waals surface area contributed by atoms with Crippen LogP contribution in [0, 0.1) is 0 Å². The van der Waals surface area contributed by atoms with Crippen LogP contribution in [-0.4, -0.2) is 21.7 Å². The highest BCUT2D eigenvalue weighted by atomic mass is 15.1. The zero-order chi connectivity index (χ0) is 11.2. The Morgan fingerprint density at radius 3 is 2.94 bits per heavy atom. The predicted molar refractivity (Wildman–Crippen MR) is 63.8 cm³/mol. The second-order valence-corrected chi connectivity index (χ2v) is 3.75. The number of nitrogens with one attached hydrogen (secondary N) is 1. The summed E-state index contributed by atoms with van der Waals surface area (Å²) in [5, 5.41) is 7.14. The van der Waals surface area contributed by atoms with Gasteiger partial charge in [-0.25, -0.2) is 0 Å². The molecule has 0 spiro atoms. The largest absolute Gasteiger partial charge is 0.330 e. The van der Waals surface area contributed by atoms with Crippen LogP contribution in [0.2, 0.25) is 0 Å². The molecule has 0 aliphatic heterocycles. The smallest absolute Gasteiger partial charge is 0.0569 e. The normalized spacial score (nSPS) is 10.6. The van der Waals surface area contributed by atoms with Crippen molar-refractivity contribution in [2.45, 2.75) is 19.3 Å². The Morgan fingerprint density at radius 1 is 1.25 bits per heavy atom. The Bertz CT molecular complexity index is 422. The number of aryl methyl sites for hydroxylation is 1. The van der Waals surface area contributed by atoms with Gasteiger partial charge in [-0.3, -0.25) is 10.1 Å². The average molecular weight is 216 g/mol. The van der Waals surface area contributed by atoms with Crippen LogP contribution < -0.4 is 5.73 Å². The van der Waals surface area contributed by atoms with Crippen LogP contribution in [0.3, 0.4) is 0 Å². The van der Waals surface area contributed by atoms with E-state index in [1.54, 1.807) is 6.20 Å². The number of unbranched alkanes of at least 4 members (excludes halogenated alkanes) is 1. The molecule has 0 aromatic carbocycles.